The molecule has 236 valence electrons. The zero-order chi connectivity index (χ0) is 31.7. The molecule has 7 heteroatoms. The molecular formula is C40H39N5O2. The summed E-state index contributed by atoms with van der Waals surface area (Å²) >= 11 is 0. The van der Waals surface area contributed by atoms with Crippen LogP contribution in [0.2, 0.25) is 0 Å². The predicted molar refractivity (Wildman–Crippen MR) is 190 cm³/mol. The summed E-state index contributed by atoms with van der Waals surface area (Å²) in [6, 6.07) is 41.2. The van der Waals surface area contributed by atoms with Gasteiger partial charge in [-0.15, -0.1) is 0 Å². The van der Waals surface area contributed by atoms with Crippen LogP contribution in [0.4, 0.5) is 0 Å². The number of aromatic nitrogens is 4. The van der Waals surface area contributed by atoms with Crippen LogP contribution in [-0.2, 0) is 13.1 Å². The van der Waals surface area contributed by atoms with E-state index in [4.69, 9.17) is 19.4 Å². The molecule has 0 saturated heterocycles. The number of hydrogen-bond donors (Lipinski definition) is 3. The molecule has 5 aromatic carbocycles. The summed E-state index contributed by atoms with van der Waals surface area (Å²) in [6.45, 7) is 3.06. The van der Waals surface area contributed by atoms with Crippen molar-refractivity contribution in [2.45, 2.75) is 38.8 Å². The molecule has 0 spiro atoms. The van der Waals surface area contributed by atoms with E-state index < -0.39 is 0 Å². The Labute approximate surface area is 275 Å². The molecule has 0 saturated carbocycles. The van der Waals surface area contributed by atoms with Gasteiger partial charge in [-0.3, -0.25) is 0 Å². The van der Waals surface area contributed by atoms with E-state index in [-0.39, 0.29) is 0 Å². The van der Waals surface area contributed by atoms with E-state index in [0.29, 0.717) is 13.2 Å². The summed E-state index contributed by atoms with van der Waals surface area (Å²) in [4.78, 5) is 16.6. The number of H-pyrrole nitrogens is 2. The Hall–Kier alpha value is -5.40. The van der Waals surface area contributed by atoms with Gasteiger partial charge in [0, 0.05) is 24.2 Å². The highest BCUT2D eigenvalue weighted by Crippen LogP contribution is 2.31. The molecule has 2 heterocycles. The number of para-hydroxylation sites is 4. The number of imidazole rings is 2. The van der Waals surface area contributed by atoms with Crippen molar-refractivity contribution in [3.63, 3.8) is 0 Å². The van der Waals surface area contributed by atoms with Gasteiger partial charge in [0.2, 0.25) is 0 Å². The Morgan fingerprint density at radius 3 is 1.57 bits per heavy atom. The molecule has 0 aliphatic rings. The van der Waals surface area contributed by atoms with E-state index in [9.17, 15) is 0 Å². The van der Waals surface area contributed by atoms with E-state index in [1.54, 1.807) is 0 Å². The molecule has 0 atom stereocenters. The number of nitrogens with zero attached hydrogens (tertiary/aromatic N) is 2. The number of aromatic amines is 2. The van der Waals surface area contributed by atoms with E-state index in [1.165, 1.54) is 11.1 Å². The first kappa shape index (κ1) is 30.3. The number of rotatable bonds is 15. The third kappa shape index (κ3) is 7.88. The maximum atomic E-state index is 6.30. The largest absolute Gasteiger partial charge is 0.494 e. The number of unbranched alkanes of at least 4 members (excludes halogenated alkanes) is 3. The minimum atomic E-state index is 0.643. The maximum absolute atomic E-state index is 6.30. The zero-order valence-corrected chi connectivity index (χ0v) is 26.4. The van der Waals surface area contributed by atoms with Crippen molar-refractivity contribution in [1.82, 2.24) is 25.3 Å². The van der Waals surface area contributed by atoms with Crippen LogP contribution in [0.5, 0.6) is 11.5 Å². The summed E-state index contributed by atoms with van der Waals surface area (Å²) in [7, 11) is 0. The standard InChI is InChI=1S/C40H39N5O2/c1(10-22-46-33-20-18-30(19-21-33)28-41-27-29-12-4-3-5-13-29)2-11-23-47-34-25-31(39-42-35-14-6-7-15-36(35)43-39)24-32(26-34)40-44-37-16-8-9-17-38(37)45-40/h3-9,12-21,24-26,41H,1-2,10-11,22-23,27-28H2,(H,42,43)(H,44,45). The van der Waals surface area contributed by atoms with Crippen LogP contribution in [0, 0.1) is 0 Å². The summed E-state index contributed by atoms with van der Waals surface area (Å²) in [5.74, 6) is 3.34. The normalized spacial score (nSPS) is 11.3. The molecule has 47 heavy (non-hydrogen) atoms. The predicted octanol–water partition coefficient (Wildman–Crippen LogP) is 9.08. The molecule has 0 aliphatic heterocycles. The first-order valence-corrected chi connectivity index (χ1v) is 16.4. The zero-order valence-electron chi connectivity index (χ0n) is 26.4. The fourth-order valence-electron chi connectivity index (χ4n) is 5.72. The Balaban J connectivity index is 0.887. The lowest BCUT2D eigenvalue weighted by atomic mass is 10.1. The number of ether oxygens (including phenoxy) is 2. The van der Waals surface area contributed by atoms with E-state index in [0.717, 1.165) is 95.1 Å². The first-order chi connectivity index (χ1) is 23.3. The number of nitrogens with one attached hydrogen (secondary N) is 3. The van der Waals surface area contributed by atoms with Crippen LogP contribution >= 0.6 is 0 Å². The topological polar surface area (TPSA) is 87.8 Å². The van der Waals surface area contributed by atoms with Crippen LogP contribution in [-0.4, -0.2) is 33.1 Å². The average Bonchev–Trinajstić information content (AvgIpc) is 3.76. The van der Waals surface area contributed by atoms with Gasteiger partial charge >= 0.3 is 0 Å². The second kappa shape index (κ2) is 14.8. The van der Waals surface area contributed by atoms with Gasteiger partial charge in [-0.1, -0.05) is 66.7 Å². The molecule has 0 unspecified atom stereocenters. The Morgan fingerprint density at radius 2 is 1.00 bits per heavy atom. The molecular weight excluding hydrogens is 582 g/mol. The number of benzene rings is 5. The average molecular weight is 622 g/mol. The van der Waals surface area contributed by atoms with Gasteiger partial charge in [0.25, 0.3) is 0 Å². The summed E-state index contributed by atoms with van der Waals surface area (Å²) in [5, 5.41) is 3.50. The van der Waals surface area contributed by atoms with Crippen molar-refractivity contribution in [2.24, 2.45) is 0 Å². The smallest absolute Gasteiger partial charge is 0.138 e. The molecule has 0 fully saturated rings. The lowest BCUT2D eigenvalue weighted by Gasteiger charge is -2.10. The lowest BCUT2D eigenvalue weighted by Crippen LogP contribution is -2.12. The molecule has 7 aromatic rings. The molecule has 7 rings (SSSR count). The fraction of sp³-hybridized carbons (Fsp3) is 0.200. The van der Waals surface area contributed by atoms with Crippen LogP contribution in [0.15, 0.2) is 121 Å². The molecule has 3 N–H and O–H groups in total. The molecule has 7 nitrogen and oxygen atoms in total. The van der Waals surface area contributed by atoms with Crippen LogP contribution in [0.3, 0.4) is 0 Å². The van der Waals surface area contributed by atoms with Gasteiger partial charge in [-0.2, -0.15) is 0 Å². The molecule has 0 bridgehead atoms. The van der Waals surface area contributed by atoms with Crippen LogP contribution < -0.4 is 14.8 Å². The van der Waals surface area contributed by atoms with E-state index in [2.05, 4.69) is 82.0 Å². The third-order valence-electron chi connectivity index (χ3n) is 8.23. The van der Waals surface area contributed by atoms with Crippen molar-refractivity contribution in [1.29, 1.82) is 0 Å². The molecule has 0 aliphatic carbocycles. The van der Waals surface area contributed by atoms with Crippen LogP contribution in [0.1, 0.15) is 36.8 Å². The number of fused-ring (bicyclic) bond motifs is 2. The van der Waals surface area contributed by atoms with Crippen LogP contribution in [0.25, 0.3) is 44.8 Å². The lowest BCUT2D eigenvalue weighted by molar-refractivity contribution is 0.287. The molecule has 2 aromatic heterocycles. The minimum Gasteiger partial charge on any atom is -0.494 e. The van der Waals surface area contributed by atoms with Crippen molar-refractivity contribution in [3.05, 3.63) is 132 Å². The van der Waals surface area contributed by atoms with Crippen molar-refractivity contribution >= 4 is 22.1 Å². The van der Waals surface area contributed by atoms with Crippen molar-refractivity contribution in [3.8, 4) is 34.3 Å². The van der Waals surface area contributed by atoms with Crippen molar-refractivity contribution in [2.75, 3.05) is 13.2 Å². The van der Waals surface area contributed by atoms with E-state index in [1.807, 2.05) is 54.6 Å². The minimum absolute atomic E-state index is 0.643. The SMILES string of the molecule is c1ccc(CNCc2ccc(OCCCCCCOc3cc(-c4nc5ccccc5[nH]4)cc(-c4nc5ccccc5[nH]4)c3)cc2)cc1. The van der Waals surface area contributed by atoms with E-state index >= 15 is 0 Å². The van der Waals surface area contributed by atoms with Gasteiger partial charge in [0.15, 0.2) is 0 Å². The Morgan fingerprint density at radius 1 is 0.489 bits per heavy atom. The molecule has 0 amide bonds. The Bertz CT molecular complexity index is 1870. The summed E-state index contributed by atoms with van der Waals surface area (Å²) in [6.07, 6.45) is 4.15. The highest BCUT2D eigenvalue weighted by molar-refractivity contribution is 5.83. The maximum Gasteiger partial charge on any atom is 0.138 e. The van der Waals surface area contributed by atoms with Gasteiger partial charge in [-0.25, -0.2) is 9.97 Å². The first-order valence-electron chi connectivity index (χ1n) is 16.4. The quantitative estimate of drug-likeness (QED) is 0.0994. The molecule has 0 radical (unpaired) electrons. The number of hydrogen-bond acceptors (Lipinski definition) is 5. The van der Waals surface area contributed by atoms with Crippen molar-refractivity contribution < 1.29 is 9.47 Å². The summed E-state index contributed by atoms with van der Waals surface area (Å²) in [5.41, 5.74) is 8.35. The highest BCUT2D eigenvalue weighted by Gasteiger charge is 2.13. The second-order valence-corrected chi connectivity index (χ2v) is 11.8. The fourth-order valence-corrected chi connectivity index (χ4v) is 5.72. The van der Waals surface area contributed by atoms with Gasteiger partial charge in [-0.05, 0) is 91.4 Å². The Kier molecular flexibility index (Phi) is 9.53. The van der Waals surface area contributed by atoms with Gasteiger partial charge in [0.1, 0.15) is 23.1 Å². The monoisotopic (exact) mass is 621 g/mol. The highest BCUT2D eigenvalue weighted by atomic mass is 16.5. The van der Waals surface area contributed by atoms with Gasteiger partial charge in [0.05, 0.1) is 35.3 Å². The van der Waals surface area contributed by atoms with Gasteiger partial charge < -0.3 is 24.8 Å². The summed E-state index contributed by atoms with van der Waals surface area (Å²) < 4.78 is 12.3. The second-order valence-electron chi connectivity index (χ2n) is 11.8. The third-order valence-corrected chi connectivity index (χ3v) is 8.23.